The van der Waals surface area contributed by atoms with Crippen LogP contribution in [0.3, 0.4) is 0 Å². The van der Waals surface area contributed by atoms with Gasteiger partial charge in [-0.1, -0.05) is 0 Å². The van der Waals surface area contributed by atoms with E-state index in [-0.39, 0.29) is 6.54 Å². The Balaban J connectivity index is 2.62. The van der Waals surface area contributed by atoms with Crippen LogP contribution in [-0.2, 0) is 0 Å². The molecule has 0 saturated carbocycles. The van der Waals surface area contributed by atoms with Gasteiger partial charge in [0, 0.05) is 11.4 Å². The molecule has 0 radical (unpaired) electrons. The zero-order chi connectivity index (χ0) is 11.4. The van der Waals surface area contributed by atoms with E-state index in [4.69, 9.17) is 10.8 Å². The van der Waals surface area contributed by atoms with Crippen LogP contribution < -0.4 is 11.1 Å². The van der Waals surface area contributed by atoms with Crippen molar-refractivity contribution in [2.75, 3.05) is 17.6 Å². The molecule has 0 aliphatic carbocycles. The molecule has 1 atom stereocenters. The molecular weight excluding hydrogens is 198 g/mol. The number of aryl methyl sites for hydroxylation is 1. The number of nitrogens with zero attached hydrogens (tertiary/aromatic N) is 1. The lowest BCUT2D eigenvalue weighted by atomic mass is 10.2. The van der Waals surface area contributed by atoms with Crippen LogP contribution in [0.25, 0.3) is 0 Å². The van der Waals surface area contributed by atoms with E-state index in [0.29, 0.717) is 5.69 Å². The number of nitrogen functional groups attached to an aromatic ring is 1. The largest absolute Gasteiger partial charge is 0.399 e. The lowest BCUT2D eigenvalue weighted by Gasteiger charge is -2.10. The maximum absolute atomic E-state index is 10.2. The lowest BCUT2D eigenvalue weighted by Crippen LogP contribution is -2.27. The molecule has 4 N–H and O–H groups in total. The number of hydrogen-bond acceptors (Lipinski definition) is 5. The summed E-state index contributed by atoms with van der Waals surface area (Å²) < 4.78 is 0. The van der Waals surface area contributed by atoms with Crippen LogP contribution in [-0.4, -0.2) is 22.8 Å². The predicted octanol–water partition coefficient (Wildman–Crippen LogP) is 0.584. The minimum atomic E-state index is -1.60. The van der Waals surface area contributed by atoms with Gasteiger partial charge in [0.25, 0.3) is 0 Å². The van der Waals surface area contributed by atoms with E-state index in [1.165, 1.54) is 0 Å². The van der Waals surface area contributed by atoms with E-state index < -0.39 is 11.2 Å². The number of aliphatic hydroxyl groups is 1. The lowest BCUT2D eigenvalue weighted by molar-refractivity contribution is -0.565. The minimum Gasteiger partial charge on any atom is -0.399 e. The van der Waals surface area contributed by atoms with Crippen molar-refractivity contribution in [1.29, 1.82) is 0 Å². The van der Waals surface area contributed by atoms with E-state index >= 15 is 0 Å². The summed E-state index contributed by atoms with van der Waals surface area (Å²) in [4.78, 5) is 9.40. The number of hydrogen-bond donors (Lipinski definition) is 3. The molecule has 82 valence electrons. The third-order valence-electron chi connectivity index (χ3n) is 1.97. The molecule has 1 aromatic rings. The van der Waals surface area contributed by atoms with Crippen LogP contribution in [0.1, 0.15) is 5.56 Å². The molecule has 0 aliphatic rings. The highest BCUT2D eigenvalue weighted by molar-refractivity contribution is 5.57. The van der Waals surface area contributed by atoms with Crippen LogP contribution in [0.5, 0.6) is 0 Å². The molecule has 0 bridgehead atoms. The quantitative estimate of drug-likeness (QED) is 0.293. The Bertz CT molecular complexity index is 368. The highest BCUT2D eigenvalue weighted by atomic mass is 16.7. The van der Waals surface area contributed by atoms with Crippen molar-refractivity contribution in [3.05, 3.63) is 33.9 Å². The Labute approximate surface area is 86.9 Å². The van der Waals surface area contributed by atoms with Crippen molar-refractivity contribution >= 4 is 11.4 Å². The fraction of sp³-hybridized carbons (Fsp3) is 0.333. The minimum absolute atomic E-state index is 0.127. The summed E-state index contributed by atoms with van der Waals surface area (Å²) >= 11 is 0. The van der Waals surface area contributed by atoms with E-state index in [9.17, 15) is 10.1 Å². The second-order valence-electron chi connectivity index (χ2n) is 3.22. The summed E-state index contributed by atoms with van der Waals surface area (Å²) in [6.07, 6.45) is -1.60. The predicted molar refractivity (Wildman–Crippen MR) is 57.1 cm³/mol. The monoisotopic (exact) mass is 211 g/mol. The van der Waals surface area contributed by atoms with Gasteiger partial charge in [0.2, 0.25) is 0 Å². The standard InChI is InChI=1S/C9H13N3O3/c1-6-4-7(10)2-3-8(6)11-5-9(13)12(14)15/h2-4,9,11,13H,5,10H2,1H3. The summed E-state index contributed by atoms with van der Waals surface area (Å²) in [5.41, 5.74) is 7.79. The number of nitrogens with one attached hydrogen (secondary N) is 1. The number of anilines is 2. The Morgan fingerprint density at radius 1 is 1.67 bits per heavy atom. The average molecular weight is 211 g/mol. The molecule has 0 aromatic heterocycles. The fourth-order valence-electron chi connectivity index (χ4n) is 1.16. The van der Waals surface area contributed by atoms with E-state index in [2.05, 4.69) is 5.32 Å². The van der Waals surface area contributed by atoms with Crippen LogP contribution in [0, 0.1) is 17.0 Å². The van der Waals surface area contributed by atoms with Crippen molar-refractivity contribution in [1.82, 2.24) is 0 Å². The SMILES string of the molecule is Cc1cc(N)ccc1NCC(O)[N+](=O)[O-]. The van der Waals surface area contributed by atoms with Crippen LogP contribution in [0.4, 0.5) is 11.4 Å². The molecule has 1 aromatic carbocycles. The Hall–Kier alpha value is -1.82. The second-order valence-corrected chi connectivity index (χ2v) is 3.22. The van der Waals surface area contributed by atoms with Crippen molar-refractivity contribution in [2.45, 2.75) is 13.2 Å². The molecule has 0 fully saturated rings. The molecule has 0 heterocycles. The topological polar surface area (TPSA) is 101 Å². The van der Waals surface area contributed by atoms with Crippen molar-refractivity contribution < 1.29 is 10.0 Å². The van der Waals surface area contributed by atoms with Crippen molar-refractivity contribution in [2.24, 2.45) is 0 Å². The Morgan fingerprint density at radius 3 is 2.87 bits per heavy atom. The van der Waals surface area contributed by atoms with Gasteiger partial charge in [0.15, 0.2) is 0 Å². The molecular formula is C9H13N3O3. The van der Waals surface area contributed by atoms with Crippen LogP contribution in [0.2, 0.25) is 0 Å². The molecule has 6 nitrogen and oxygen atoms in total. The number of rotatable bonds is 4. The third-order valence-corrected chi connectivity index (χ3v) is 1.97. The number of nitrogens with two attached hydrogens (primary N) is 1. The van der Waals surface area contributed by atoms with E-state index in [0.717, 1.165) is 11.3 Å². The Morgan fingerprint density at radius 2 is 2.33 bits per heavy atom. The van der Waals surface area contributed by atoms with Gasteiger partial charge in [-0.25, -0.2) is 0 Å². The van der Waals surface area contributed by atoms with Crippen molar-refractivity contribution in [3.8, 4) is 0 Å². The van der Waals surface area contributed by atoms with Gasteiger partial charge in [0.1, 0.15) is 6.54 Å². The molecule has 1 rings (SSSR count). The smallest absolute Gasteiger partial charge is 0.330 e. The third kappa shape index (κ3) is 3.10. The van der Waals surface area contributed by atoms with Gasteiger partial charge in [-0.05, 0) is 30.7 Å². The first-order chi connectivity index (χ1) is 7.00. The first kappa shape index (κ1) is 11.3. The van der Waals surface area contributed by atoms with Gasteiger partial charge in [0.05, 0.1) is 4.92 Å². The summed E-state index contributed by atoms with van der Waals surface area (Å²) in [5, 5.41) is 21.9. The first-order valence-electron chi connectivity index (χ1n) is 4.42. The summed E-state index contributed by atoms with van der Waals surface area (Å²) in [7, 11) is 0. The summed E-state index contributed by atoms with van der Waals surface area (Å²) in [6.45, 7) is 1.70. The molecule has 0 amide bonds. The highest BCUT2D eigenvalue weighted by Gasteiger charge is 2.14. The second kappa shape index (κ2) is 4.61. The summed E-state index contributed by atoms with van der Waals surface area (Å²) in [6, 6.07) is 5.16. The maximum atomic E-state index is 10.2. The number of benzene rings is 1. The van der Waals surface area contributed by atoms with E-state index in [1.807, 2.05) is 6.92 Å². The molecule has 0 saturated heterocycles. The molecule has 6 heteroatoms. The van der Waals surface area contributed by atoms with Gasteiger partial charge in [-0.3, -0.25) is 10.1 Å². The van der Waals surface area contributed by atoms with Gasteiger partial charge in [-0.15, -0.1) is 0 Å². The van der Waals surface area contributed by atoms with Gasteiger partial charge >= 0.3 is 6.23 Å². The maximum Gasteiger partial charge on any atom is 0.330 e. The van der Waals surface area contributed by atoms with E-state index in [1.54, 1.807) is 18.2 Å². The molecule has 15 heavy (non-hydrogen) atoms. The normalized spacial score (nSPS) is 12.1. The van der Waals surface area contributed by atoms with Crippen LogP contribution in [0.15, 0.2) is 18.2 Å². The highest BCUT2D eigenvalue weighted by Crippen LogP contribution is 2.17. The number of aliphatic hydroxyl groups excluding tert-OH is 1. The fourth-order valence-corrected chi connectivity index (χ4v) is 1.16. The summed E-state index contributed by atoms with van der Waals surface area (Å²) in [5.74, 6) is 0. The zero-order valence-corrected chi connectivity index (χ0v) is 8.30. The Kier molecular flexibility index (Phi) is 3.46. The average Bonchev–Trinajstić information content (AvgIpc) is 2.15. The van der Waals surface area contributed by atoms with Gasteiger partial charge in [-0.2, -0.15) is 0 Å². The molecule has 0 aliphatic heterocycles. The van der Waals surface area contributed by atoms with Crippen molar-refractivity contribution in [3.63, 3.8) is 0 Å². The number of nitro groups is 1. The van der Waals surface area contributed by atoms with Gasteiger partial charge < -0.3 is 16.2 Å². The molecule has 0 spiro atoms. The zero-order valence-electron chi connectivity index (χ0n) is 8.30. The van der Waals surface area contributed by atoms with Crippen LogP contribution >= 0.6 is 0 Å². The molecule has 1 unspecified atom stereocenters. The first-order valence-corrected chi connectivity index (χ1v) is 4.42.